The van der Waals surface area contributed by atoms with Gasteiger partial charge < -0.3 is 41.2 Å². The lowest BCUT2D eigenvalue weighted by Crippen LogP contribution is -2.62. The molecule has 0 aromatic rings. The molecule has 12 heavy (non-hydrogen) atoms. The lowest BCUT2D eigenvalue weighted by molar-refractivity contribution is 0.0202. The summed E-state index contributed by atoms with van der Waals surface area (Å²) >= 11 is -1.25. The Labute approximate surface area is 75.7 Å². The van der Waals surface area contributed by atoms with Crippen molar-refractivity contribution in [2.45, 2.75) is 0 Å². The Balaban J connectivity index is 0. The topological polar surface area (TPSA) is 172 Å². The van der Waals surface area contributed by atoms with Crippen molar-refractivity contribution >= 4 is 34.0 Å². The van der Waals surface area contributed by atoms with E-state index in [9.17, 15) is 0 Å². The minimum absolute atomic E-state index is 0. The molecular formula is H8AlO9Si2-. The third-order valence-corrected chi connectivity index (χ3v) is 6.02. The molecule has 74 valence electrons. The molecular weight excluding hydrogens is 227 g/mol. The molecule has 0 aromatic carbocycles. The number of hydrogen-bond acceptors (Lipinski definition) is 7. The smallest absolute Gasteiger partial charge is 0.605 e. The predicted molar refractivity (Wildman–Crippen MR) is 36.6 cm³/mol. The maximum atomic E-state index is 8.62. The van der Waals surface area contributed by atoms with E-state index in [0.29, 0.717) is 0 Å². The summed E-state index contributed by atoms with van der Waals surface area (Å²) in [5, 5.41) is 0. The molecule has 0 amide bonds. The predicted octanol–water partition coefficient (Wildman–Crippen LogP) is -5.22. The van der Waals surface area contributed by atoms with Crippen LogP contribution >= 0.6 is 0 Å². The van der Waals surface area contributed by atoms with Gasteiger partial charge in [0.05, 0.1) is 0 Å². The highest BCUT2D eigenvalue weighted by Gasteiger charge is 2.47. The first-order valence-corrected chi connectivity index (χ1v) is 6.55. The summed E-state index contributed by atoms with van der Waals surface area (Å²) in [5.41, 5.74) is 0. The van der Waals surface area contributed by atoms with Crippen molar-refractivity contribution in [1.29, 1.82) is 0 Å². The fraction of sp³-hybridized carbons (Fsp3) is 0. The van der Waals surface area contributed by atoms with Crippen molar-refractivity contribution < 1.29 is 41.2 Å². The summed E-state index contributed by atoms with van der Waals surface area (Å²) in [7, 11) is -8.50. The molecule has 1 aliphatic heterocycles. The molecule has 0 atom stereocenters. The van der Waals surface area contributed by atoms with Crippen LogP contribution in [-0.4, -0.2) is 64.1 Å². The third kappa shape index (κ3) is 4.59. The lowest BCUT2D eigenvalue weighted by Gasteiger charge is -2.40. The Bertz CT molecular complexity index is 118. The molecule has 1 saturated heterocycles. The first kappa shape index (κ1) is 15.1. The quantitative estimate of drug-likeness (QED) is 0.303. The number of hydrogen-bond donors (Lipinski definition) is 4. The average molecular weight is 235 g/mol. The van der Waals surface area contributed by atoms with E-state index in [1.807, 2.05) is 0 Å². The zero-order valence-electron chi connectivity index (χ0n) is 5.59. The molecule has 12 heteroatoms. The minimum Gasteiger partial charge on any atom is -0.660 e. The van der Waals surface area contributed by atoms with Gasteiger partial charge in [-0.15, -0.1) is 0 Å². The van der Waals surface area contributed by atoms with Crippen LogP contribution in [0.25, 0.3) is 0 Å². The van der Waals surface area contributed by atoms with E-state index in [0.717, 1.165) is 0 Å². The van der Waals surface area contributed by atoms with Gasteiger partial charge >= 0.3 is 18.1 Å². The van der Waals surface area contributed by atoms with Gasteiger partial charge in [-0.05, 0) is 0 Å². The highest BCUT2D eigenvalue weighted by Crippen LogP contribution is 2.11. The molecule has 0 bridgehead atoms. The van der Waals surface area contributed by atoms with Gasteiger partial charge in [-0.2, -0.15) is 0 Å². The van der Waals surface area contributed by atoms with E-state index < -0.39 is 34.0 Å². The van der Waals surface area contributed by atoms with E-state index >= 15 is 0 Å². The van der Waals surface area contributed by atoms with E-state index in [2.05, 4.69) is 11.1 Å². The van der Waals surface area contributed by atoms with Crippen molar-refractivity contribution in [3.05, 3.63) is 0 Å². The van der Waals surface area contributed by atoms with Crippen LogP contribution in [0.2, 0.25) is 0 Å². The summed E-state index contributed by atoms with van der Waals surface area (Å²) in [6.07, 6.45) is 0. The number of rotatable bonds is 0. The first-order valence-electron chi connectivity index (χ1n) is 2.18. The third-order valence-electron chi connectivity index (χ3n) is 0.669. The molecule has 0 spiro atoms. The van der Waals surface area contributed by atoms with E-state index in [-0.39, 0.29) is 11.0 Å². The molecule has 1 aliphatic rings. The SMILES string of the molecule is O.O.O[Si]1(O)[O][Al-][O][Si](O)(O)O1. The Kier molecular flexibility index (Phi) is 5.96. The minimum atomic E-state index is -4.25. The van der Waals surface area contributed by atoms with Crippen molar-refractivity contribution in [3.8, 4) is 0 Å². The van der Waals surface area contributed by atoms with Crippen LogP contribution in [0.4, 0.5) is 0 Å². The van der Waals surface area contributed by atoms with Gasteiger partial charge in [0, 0.05) is 0 Å². The van der Waals surface area contributed by atoms with Crippen LogP contribution in [0.5, 0.6) is 0 Å². The molecule has 1 fully saturated rings. The van der Waals surface area contributed by atoms with Gasteiger partial charge in [-0.3, -0.25) is 0 Å². The molecule has 8 N–H and O–H groups in total. The monoisotopic (exact) mass is 235 g/mol. The standard InChI is InChI=1S/Al.H4O7Si2.2H2O/c;1-8(2,3)7-9(4,5)6;;/h;1-2,4-5H;2*1H2/q+1;-2;;. The highest BCUT2D eigenvalue weighted by molar-refractivity contribution is 6.73. The average Bonchev–Trinajstić information content (AvgIpc) is 1.56. The van der Waals surface area contributed by atoms with Crippen molar-refractivity contribution in [3.63, 3.8) is 0 Å². The van der Waals surface area contributed by atoms with Crippen molar-refractivity contribution in [1.82, 2.24) is 0 Å². The molecule has 2 radical (unpaired) electrons. The fourth-order valence-electron chi connectivity index (χ4n) is 0.371. The summed E-state index contributed by atoms with van der Waals surface area (Å²) in [6.45, 7) is 0. The lowest BCUT2D eigenvalue weighted by atomic mass is 15.6. The zero-order chi connectivity index (χ0) is 7.83. The second-order valence-electron chi connectivity index (χ2n) is 1.53. The van der Waals surface area contributed by atoms with Gasteiger partial charge in [0.15, 0.2) is 0 Å². The zero-order valence-corrected chi connectivity index (χ0v) is 8.75. The van der Waals surface area contributed by atoms with Crippen molar-refractivity contribution in [2.75, 3.05) is 0 Å². The molecule has 0 aliphatic carbocycles. The van der Waals surface area contributed by atoms with Crippen LogP contribution < -0.4 is 0 Å². The molecule has 1 heterocycles. The van der Waals surface area contributed by atoms with Crippen LogP contribution in [0.15, 0.2) is 0 Å². The first-order chi connectivity index (χ1) is 4.41. The second-order valence-corrected chi connectivity index (χ2v) is 6.62. The van der Waals surface area contributed by atoms with Gasteiger partial charge in [-0.1, -0.05) is 0 Å². The molecule has 1 rings (SSSR count). The Morgan fingerprint density at radius 3 is 1.33 bits per heavy atom. The summed E-state index contributed by atoms with van der Waals surface area (Å²) in [5.74, 6) is 0. The largest absolute Gasteiger partial charge is 0.660 e. The molecule has 0 aromatic heterocycles. The Morgan fingerprint density at radius 1 is 0.833 bits per heavy atom. The molecule has 9 nitrogen and oxygen atoms in total. The Morgan fingerprint density at radius 2 is 1.17 bits per heavy atom. The van der Waals surface area contributed by atoms with E-state index in [4.69, 9.17) is 19.2 Å². The van der Waals surface area contributed by atoms with Gasteiger partial charge in [0.1, 0.15) is 15.9 Å². The van der Waals surface area contributed by atoms with Crippen LogP contribution in [-0.2, 0) is 11.1 Å². The maximum absolute atomic E-state index is 8.62. The molecule has 0 saturated carbocycles. The van der Waals surface area contributed by atoms with Crippen LogP contribution in [0, 0.1) is 0 Å². The summed E-state index contributed by atoms with van der Waals surface area (Å²) in [6, 6.07) is 0. The van der Waals surface area contributed by atoms with Crippen LogP contribution in [0.3, 0.4) is 0 Å². The van der Waals surface area contributed by atoms with Crippen molar-refractivity contribution in [2.24, 2.45) is 0 Å². The van der Waals surface area contributed by atoms with Gasteiger partial charge in [-0.25, -0.2) is 0 Å². The summed E-state index contributed by atoms with van der Waals surface area (Å²) in [4.78, 5) is 34.5. The second kappa shape index (κ2) is 4.73. The normalized spacial score (nSPS) is 25.0. The summed E-state index contributed by atoms with van der Waals surface area (Å²) < 4.78 is 12.3. The highest BCUT2D eigenvalue weighted by atomic mass is 28.5. The maximum Gasteiger partial charge on any atom is 0.605 e. The fourth-order valence-corrected chi connectivity index (χ4v) is 4.64. The van der Waals surface area contributed by atoms with Crippen LogP contribution in [0.1, 0.15) is 0 Å². The Hall–Kier alpha value is 0.606. The van der Waals surface area contributed by atoms with Gasteiger partial charge in [0.2, 0.25) is 0 Å². The van der Waals surface area contributed by atoms with E-state index in [1.54, 1.807) is 0 Å². The van der Waals surface area contributed by atoms with Gasteiger partial charge in [0.25, 0.3) is 0 Å². The molecule has 0 unspecified atom stereocenters. The van der Waals surface area contributed by atoms with E-state index in [1.165, 1.54) is 0 Å².